The van der Waals surface area contributed by atoms with Crippen LogP contribution in [0.25, 0.3) is 11.1 Å². The van der Waals surface area contributed by atoms with Gasteiger partial charge in [-0.25, -0.2) is 0 Å². The number of nitrogens with zero attached hydrogens (tertiary/aromatic N) is 1. The van der Waals surface area contributed by atoms with E-state index < -0.39 is 0 Å². The van der Waals surface area contributed by atoms with Gasteiger partial charge in [-0.1, -0.05) is 49.9 Å². The number of nitrogen functional groups attached to an aromatic ring is 2. The minimum atomic E-state index is 0.597. The monoisotopic (exact) mass is 1030 g/mol. The van der Waals surface area contributed by atoms with Crippen LogP contribution in [0.3, 0.4) is 0 Å². The van der Waals surface area contributed by atoms with Crippen LogP contribution in [0.4, 0.5) is 11.4 Å². The molecule has 0 spiro atoms. The van der Waals surface area contributed by atoms with Crippen LogP contribution in [0.2, 0.25) is 0 Å². The van der Waals surface area contributed by atoms with Gasteiger partial charge >= 0.3 is 0 Å². The molecule has 21 nitrogen and oxygen atoms in total. The third-order valence-corrected chi connectivity index (χ3v) is 9.58. The lowest BCUT2D eigenvalue weighted by Crippen LogP contribution is -2.37. The molecule has 37 N–H and O–H groups in total. The van der Waals surface area contributed by atoms with Gasteiger partial charge in [-0.05, 0) is 198 Å². The summed E-state index contributed by atoms with van der Waals surface area (Å²) < 4.78 is 0. The SMILES string of the molecule is NCCCCCN.NCCCCCNCCCCCN.NCCCCCNCCN.NCCCN.NCCCNCCCN.NCCN.NCCN(CCN)CCN.Nc1ccc(-c2ccc(N)cc2)cc1. The molecule has 2 rings (SSSR count). The molecule has 21 heteroatoms. The molecule has 0 fully saturated rings. The van der Waals surface area contributed by atoms with Crippen molar-refractivity contribution in [2.75, 3.05) is 169 Å². The summed E-state index contributed by atoms with van der Waals surface area (Å²) in [6.45, 7) is 20.1. The van der Waals surface area contributed by atoms with Crippen LogP contribution in [-0.4, -0.2) is 162 Å². The maximum Gasteiger partial charge on any atom is 0.0314 e. The summed E-state index contributed by atoms with van der Waals surface area (Å²) in [7, 11) is 0. The minimum absolute atomic E-state index is 0.597. The Bertz CT molecular complexity index is 1050. The first kappa shape index (κ1) is 80.7. The van der Waals surface area contributed by atoms with Crippen LogP contribution >= 0.6 is 0 Å². The molecular formula is C51H123N21. The van der Waals surface area contributed by atoms with Gasteiger partial charge in [-0.2, -0.15) is 0 Å². The standard InChI is InChI=1S/C12H12N2.C10H25N3.C7H19N3.C6H18N4.C6H17N3.C5H14N2.C3H10N2.C2H8N2/c13-11-5-1-9(2-6-11)10-3-7-12(14)8-4-10;11-7-3-1-5-9-13-10-6-2-4-8-12;8-4-2-1-3-6-10-7-5-9;7-1-4-10(5-2-8)6-3-9;7-3-1-5-9-6-2-4-8;6-4-2-1-3-5-7;4-2-1-3-5;3-1-2-4/h1-8H,13-14H2;13H,1-12H2;10H,1-9H2;1-9H2;9H,1-8H2;1-7H2;1-5H2;1-4H2. The van der Waals surface area contributed by atoms with Gasteiger partial charge in [0.2, 0.25) is 0 Å². The normalized spacial score (nSPS) is 9.94. The van der Waals surface area contributed by atoms with Crippen molar-refractivity contribution in [1.82, 2.24) is 20.9 Å². The summed E-state index contributed by atoms with van der Waals surface area (Å²) in [5.74, 6) is 0. The third-order valence-electron chi connectivity index (χ3n) is 9.58. The lowest BCUT2D eigenvalue weighted by Gasteiger charge is -2.18. The Morgan fingerprint density at radius 3 is 0.708 bits per heavy atom. The Labute approximate surface area is 441 Å². The molecule has 0 bridgehead atoms. The fraction of sp³-hybridized carbons (Fsp3) is 0.765. The first-order chi connectivity index (χ1) is 35.1. The molecule has 0 saturated heterocycles. The lowest BCUT2D eigenvalue weighted by molar-refractivity contribution is 0.297. The molecule has 0 heterocycles. The number of nitrogens with one attached hydrogen (secondary N) is 3. The van der Waals surface area contributed by atoms with Gasteiger partial charge in [-0.3, -0.25) is 4.90 Å². The van der Waals surface area contributed by atoms with Gasteiger partial charge in [0, 0.05) is 76.8 Å². The van der Waals surface area contributed by atoms with E-state index in [0.717, 1.165) is 198 Å². The average Bonchev–Trinajstić information content (AvgIpc) is 3.39. The lowest BCUT2D eigenvalue weighted by atomic mass is 10.1. The van der Waals surface area contributed by atoms with E-state index in [9.17, 15) is 0 Å². The Hall–Kier alpha value is -2.72. The number of nitrogens with two attached hydrogens (primary N) is 17. The maximum absolute atomic E-state index is 5.61. The Morgan fingerprint density at radius 1 is 0.236 bits per heavy atom. The van der Waals surface area contributed by atoms with E-state index in [1.54, 1.807) is 0 Å². The van der Waals surface area contributed by atoms with Crippen molar-refractivity contribution >= 4 is 11.4 Å². The molecule has 0 aliphatic carbocycles. The summed E-state index contributed by atoms with van der Waals surface area (Å²) in [6.07, 6.45) is 17.4. The smallest absolute Gasteiger partial charge is 0.0314 e. The zero-order chi connectivity index (χ0) is 55.2. The Morgan fingerprint density at radius 2 is 0.486 bits per heavy atom. The minimum Gasteiger partial charge on any atom is -0.399 e. The van der Waals surface area contributed by atoms with E-state index in [0.29, 0.717) is 32.7 Å². The third kappa shape index (κ3) is 81.3. The molecular weight excluding hydrogens is 907 g/mol. The van der Waals surface area contributed by atoms with Crippen LogP contribution in [0.15, 0.2) is 48.5 Å². The van der Waals surface area contributed by atoms with Crippen molar-refractivity contribution in [3.63, 3.8) is 0 Å². The second-order valence-electron chi connectivity index (χ2n) is 16.5. The number of hydrogen-bond donors (Lipinski definition) is 20. The van der Waals surface area contributed by atoms with Gasteiger partial charge in [0.1, 0.15) is 0 Å². The fourth-order valence-corrected chi connectivity index (χ4v) is 5.46. The van der Waals surface area contributed by atoms with Crippen LogP contribution in [0, 0.1) is 0 Å². The molecule has 2 aromatic rings. The topological polar surface area (TPSA) is 482 Å². The maximum atomic E-state index is 5.61. The second-order valence-corrected chi connectivity index (χ2v) is 16.5. The van der Waals surface area contributed by atoms with E-state index in [2.05, 4.69) is 20.9 Å². The van der Waals surface area contributed by atoms with Crippen molar-refractivity contribution < 1.29 is 0 Å². The highest BCUT2D eigenvalue weighted by atomic mass is 15.1. The van der Waals surface area contributed by atoms with Crippen LogP contribution in [0.1, 0.15) is 96.3 Å². The second kappa shape index (κ2) is 79.7. The zero-order valence-corrected chi connectivity index (χ0v) is 46.0. The molecule has 0 saturated carbocycles. The number of anilines is 2. The van der Waals surface area contributed by atoms with E-state index in [4.69, 9.17) is 97.5 Å². The fourth-order valence-electron chi connectivity index (χ4n) is 5.46. The first-order valence-corrected chi connectivity index (χ1v) is 27.2. The largest absolute Gasteiger partial charge is 0.399 e. The molecule has 432 valence electrons. The number of hydrogen-bond acceptors (Lipinski definition) is 21. The Kier molecular flexibility index (Phi) is 89.3. The zero-order valence-electron chi connectivity index (χ0n) is 46.0. The van der Waals surface area contributed by atoms with Gasteiger partial charge in [0.15, 0.2) is 0 Å². The summed E-state index contributed by atoms with van der Waals surface area (Å²) in [6, 6.07) is 15.6. The van der Waals surface area contributed by atoms with Crippen LogP contribution in [0.5, 0.6) is 0 Å². The predicted molar refractivity (Wildman–Crippen MR) is 321 cm³/mol. The summed E-state index contributed by atoms with van der Waals surface area (Å²) in [5.41, 5.74) is 93.5. The van der Waals surface area contributed by atoms with Crippen LogP contribution < -0.4 is 113 Å². The van der Waals surface area contributed by atoms with Gasteiger partial charge in [0.05, 0.1) is 0 Å². The molecule has 0 aromatic heterocycles. The molecule has 72 heavy (non-hydrogen) atoms. The highest BCUT2D eigenvalue weighted by Crippen LogP contribution is 2.21. The molecule has 0 aliphatic rings. The number of rotatable bonds is 37. The first-order valence-electron chi connectivity index (χ1n) is 27.2. The molecule has 0 radical (unpaired) electrons. The molecule has 0 aliphatic heterocycles. The van der Waals surface area contributed by atoms with Gasteiger partial charge in [-0.15, -0.1) is 0 Å². The van der Waals surface area contributed by atoms with Crippen molar-refractivity contribution in [2.24, 2.45) is 86.0 Å². The van der Waals surface area contributed by atoms with E-state index >= 15 is 0 Å². The van der Waals surface area contributed by atoms with E-state index in [-0.39, 0.29) is 0 Å². The quantitative estimate of drug-likeness (QED) is 0.0277. The van der Waals surface area contributed by atoms with Crippen molar-refractivity contribution in [2.45, 2.75) is 96.3 Å². The summed E-state index contributed by atoms with van der Waals surface area (Å²) in [5, 5.41) is 9.88. The van der Waals surface area contributed by atoms with Crippen molar-refractivity contribution in [3.8, 4) is 11.1 Å². The highest BCUT2D eigenvalue weighted by Gasteiger charge is 1.99. The van der Waals surface area contributed by atoms with E-state index in [1.807, 2.05) is 48.5 Å². The van der Waals surface area contributed by atoms with Crippen molar-refractivity contribution in [3.05, 3.63) is 48.5 Å². The molecule has 0 unspecified atom stereocenters. The summed E-state index contributed by atoms with van der Waals surface area (Å²) >= 11 is 0. The van der Waals surface area contributed by atoms with Crippen LogP contribution in [-0.2, 0) is 0 Å². The van der Waals surface area contributed by atoms with Crippen molar-refractivity contribution in [1.29, 1.82) is 0 Å². The highest BCUT2D eigenvalue weighted by molar-refractivity contribution is 5.67. The number of benzene rings is 2. The molecule has 0 atom stereocenters. The molecule has 2 aromatic carbocycles. The average molecular weight is 1030 g/mol. The van der Waals surface area contributed by atoms with Gasteiger partial charge in [0.25, 0.3) is 0 Å². The Balaban J connectivity index is -0.000000177. The number of unbranched alkanes of at least 4 members (excludes halogenated alkanes) is 8. The predicted octanol–water partition coefficient (Wildman–Crippen LogP) is -1.27. The van der Waals surface area contributed by atoms with E-state index in [1.165, 1.54) is 44.9 Å². The van der Waals surface area contributed by atoms with Gasteiger partial charge < -0.3 is 113 Å². The summed E-state index contributed by atoms with van der Waals surface area (Å²) in [4.78, 5) is 2.17. The molecule has 0 amide bonds.